The molecule has 2 aromatic rings. The van der Waals surface area contributed by atoms with Gasteiger partial charge in [0.2, 0.25) is 5.91 Å². The first-order valence-electron chi connectivity index (χ1n) is 5.29. The van der Waals surface area contributed by atoms with Gasteiger partial charge in [0, 0.05) is 35.8 Å². The summed E-state index contributed by atoms with van der Waals surface area (Å²) < 4.78 is 5.18. The summed E-state index contributed by atoms with van der Waals surface area (Å²) >= 11 is 0. The maximum absolute atomic E-state index is 10.7. The van der Waals surface area contributed by atoms with Gasteiger partial charge in [-0.25, -0.2) is 0 Å². The Bertz CT molecular complexity index is 570. The molecule has 0 radical (unpaired) electrons. The third-order valence-electron chi connectivity index (χ3n) is 2.47. The maximum atomic E-state index is 10.7. The van der Waals surface area contributed by atoms with Crippen LogP contribution in [-0.2, 0) is 4.79 Å². The molecule has 2 N–H and O–H groups in total. The lowest BCUT2D eigenvalue weighted by molar-refractivity contribution is -0.118. The Hall–Kier alpha value is -2.23. The van der Waals surface area contributed by atoms with Crippen molar-refractivity contribution in [2.24, 2.45) is 0 Å². The van der Waals surface area contributed by atoms with Gasteiger partial charge in [-0.1, -0.05) is 0 Å². The molecule has 2 rings (SSSR count). The number of methoxy groups -OCH3 is 1. The molecule has 1 aromatic heterocycles. The number of aromatic amines is 1. The summed E-state index contributed by atoms with van der Waals surface area (Å²) in [5.41, 5.74) is 2.04. The molecule has 1 amide bonds. The second-order valence-corrected chi connectivity index (χ2v) is 3.69. The normalized spacial score (nSPS) is 10.9. The van der Waals surface area contributed by atoms with Crippen molar-refractivity contribution in [2.45, 2.75) is 6.92 Å². The molecule has 17 heavy (non-hydrogen) atoms. The van der Waals surface area contributed by atoms with Gasteiger partial charge in [0.05, 0.1) is 7.11 Å². The lowest BCUT2D eigenvalue weighted by Crippen LogP contribution is -2.10. The molecular weight excluding hydrogens is 216 g/mol. The Morgan fingerprint density at radius 2 is 2.29 bits per heavy atom. The van der Waals surface area contributed by atoms with Crippen molar-refractivity contribution in [3.05, 3.63) is 36.2 Å². The number of benzene rings is 1. The molecule has 88 valence electrons. The monoisotopic (exact) mass is 230 g/mol. The second-order valence-electron chi connectivity index (χ2n) is 3.69. The van der Waals surface area contributed by atoms with Gasteiger partial charge in [-0.05, 0) is 24.3 Å². The van der Waals surface area contributed by atoms with Crippen LogP contribution in [0.25, 0.3) is 17.0 Å². The van der Waals surface area contributed by atoms with E-state index in [1.54, 1.807) is 13.3 Å². The predicted molar refractivity (Wildman–Crippen MR) is 67.7 cm³/mol. The molecule has 1 heterocycles. The van der Waals surface area contributed by atoms with Gasteiger partial charge in [0.1, 0.15) is 5.75 Å². The zero-order chi connectivity index (χ0) is 12.3. The van der Waals surface area contributed by atoms with E-state index in [2.05, 4.69) is 10.3 Å². The molecule has 0 spiro atoms. The first-order chi connectivity index (χ1) is 8.20. The minimum Gasteiger partial charge on any atom is -0.497 e. The van der Waals surface area contributed by atoms with E-state index in [9.17, 15) is 4.79 Å². The Balaban J connectivity index is 2.34. The van der Waals surface area contributed by atoms with E-state index in [0.29, 0.717) is 0 Å². The lowest BCUT2D eigenvalue weighted by atomic mass is 10.1. The van der Waals surface area contributed by atoms with Crippen molar-refractivity contribution >= 4 is 22.9 Å². The highest BCUT2D eigenvalue weighted by Gasteiger charge is 2.02. The van der Waals surface area contributed by atoms with Crippen molar-refractivity contribution in [1.29, 1.82) is 0 Å². The molecular formula is C13H14N2O2. The Kier molecular flexibility index (Phi) is 3.14. The number of hydrogen-bond acceptors (Lipinski definition) is 2. The van der Waals surface area contributed by atoms with Gasteiger partial charge < -0.3 is 15.0 Å². The number of nitrogens with one attached hydrogen (secondary N) is 2. The standard InChI is InChI=1S/C13H14N2O2/c1-9(16)14-6-5-10-8-15-13-4-3-11(17-2)7-12(10)13/h3-8,15H,1-2H3,(H,14,16)/b6-5+. The number of rotatable bonds is 3. The van der Waals surface area contributed by atoms with Crippen molar-refractivity contribution < 1.29 is 9.53 Å². The van der Waals surface area contributed by atoms with Gasteiger partial charge in [-0.3, -0.25) is 4.79 Å². The smallest absolute Gasteiger partial charge is 0.220 e. The van der Waals surface area contributed by atoms with Crippen LogP contribution in [0.5, 0.6) is 5.75 Å². The Labute approximate surface area is 99.3 Å². The average Bonchev–Trinajstić information content (AvgIpc) is 2.71. The number of aromatic nitrogens is 1. The quantitative estimate of drug-likeness (QED) is 0.850. The molecule has 0 bridgehead atoms. The Morgan fingerprint density at radius 3 is 3.00 bits per heavy atom. The number of fused-ring (bicyclic) bond motifs is 1. The van der Waals surface area contributed by atoms with Gasteiger partial charge in [-0.15, -0.1) is 0 Å². The van der Waals surface area contributed by atoms with Crippen LogP contribution in [0.2, 0.25) is 0 Å². The van der Waals surface area contributed by atoms with Crippen molar-refractivity contribution in [3.8, 4) is 5.75 Å². The van der Waals surface area contributed by atoms with E-state index < -0.39 is 0 Å². The third-order valence-corrected chi connectivity index (χ3v) is 2.47. The summed E-state index contributed by atoms with van der Waals surface area (Å²) in [5.74, 6) is 0.727. The molecule has 0 saturated heterocycles. The first kappa shape index (κ1) is 11.3. The van der Waals surface area contributed by atoms with E-state index in [-0.39, 0.29) is 5.91 Å². The van der Waals surface area contributed by atoms with Crippen molar-refractivity contribution in [3.63, 3.8) is 0 Å². The van der Waals surface area contributed by atoms with Crippen molar-refractivity contribution in [1.82, 2.24) is 10.3 Å². The molecule has 0 aliphatic carbocycles. The number of hydrogen-bond donors (Lipinski definition) is 2. The highest BCUT2D eigenvalue weighted by atomic mass is 16.5. The summed E-state index contributed by atoms with van der Waals surface area (Å²) in [4.78, 5) is 13.9. The zero-order valence-corrected chi connectivity index (χ0v) is 9.78. The number of carbonyl (C=O) groups excluding carboxylic acids is 1. The SMILES string of the molecule is COc1ccc2[nH]cc(/C=C/NC(C)=O)c2c1. The van der Waals surface area contributed by atoms with Crippen LogP contribution in [0.3, 0.4) is 0 Å². The van der Waals surface area contributed by atoms with Crippen molar-refractivity contribution in [2.75, 3.05) is 7.11 Å². The summed E-state index contributed by atoms with van der Waals surface area (Å²) in [6.45, 7) is 1.47. The summed E-state index contributed by atoms with van der Waals surface area (Å²) in [6, 6.07) is 5.82. The molecule has 0 aliphatic rings. The fourth-order valence-electron chi connectivity index (χ4n) is 1.63. The minimum atomic E-state index is -0.0846. The van der Waals surface area contributed by atoms with E-state index in [1.807, 2.05) is 30.5 Å². The zero-order valence-electron chi connectivity index (χ0n) is 9.78. The van der Waals surface area contributed by atoms with Gasteiger partial charge in [-0.2, -0.15) is 0 Å². The van der Waals surface area contributed by atoms with Crippen LogP contribution in [0.4, 0.5) is 0 Å². The molecule has 4 heteroatoms. The van der Waals surface area contributed by atoms with Crippen LogP contribution < -0.4 is 10.1 Å². The fraction of sp³-hybridized carbons (Fsp3) is 0.154. The maximum Gasteiger partial charge on any atom is 0.220 e. The van der Waals surface area contributed by atoms with Gasteiger partial charge in [0.25, 0.3) is 0 Å². The topological polar surface area (TPSA) is 54.1 Å². The van der Waals surface area contributed by atoms with Crippen LogP contribution in [0, 0.1) is 0 Å². The van der Waals surface area contributed by atoms with E-state index in [0.717, 1.165) is 22.2 Å². The summed E-state index contributed by atoms with van der Waals surface area (Å²) in [5, 5.41) is 3.67. The molecule has 4 nitrogen and oxygen atoms in total. The average molecular weight is 230 g/mol. The number of amides is 1. The molecule has 0 atom stereocenters. The molecule has 1 aromatic carbocycles. The molecule has 0 fully saturated rings. The number of carbonyl (C=O) groups is 1. The number of ether oxygens (including phenoxy) is 1. The summed E-state index contributed by atoms with van der Waals surface area (Å²) in [6.07, 6.45) is 5.37. The summed E-state index contributed by atoms with van der Waals surface area (Å²) in [7, 11) is 1.64. The molecule has 0 unspecified atom stereocenters. The van der Waals surface area contributed by atoms with Crippen LogP contribution in [0.1, 0.15) is 12.5 Å². The minimum absolute atomic E-state index is 0.0846. The second kappa shape index (κ2) is 4.74. The van der Waals surface area contributed by atoms with Gasteiger partial charge >= 0.3 is 0 Å². The van der Waals surface area contributed by atoms with E-state index in [1.165, 1.54) is 6.92 Å². The van der Waals surface area contributed by atoms with Crippen LogP contribution >= 0.6 is 0 Å². The molecule has 0 saturated carbocycles. The van der Waals surface area contributed by atoms with Gasteiger partial charge in [0.15, 0.2) is 0 Å². The largest absolute Gasteiger partial charge is 0.497 e. The first-order valence-corrected chi connectivity index (χ1v) is 5.29. The Morgan fingerprint density at radius 1 is 1.47 bits per heavy atom. The van der Waals surface area contributed by atoms with Crippen LogP contribution in [-0.4, -0.2) is 18.0 Å². The van der Waals surface area contributed by atoms with E-state index >= 15 is 0 Å². The highest BCUT2D eigenvalue weighted by Crippen LogP contribution is 2.24. The van der Waals surface area contributed by atoms with E-state index in [4.69, 9.17) is 4.74 Å². The lowest BCUT2D eigenvalue weighted by Gasteiger charge is -1.99. The van der Waals surface area contributed by atoms with Crippen LogP contribution in [0.15, 0.2) is 30.6 Å². The molecule has 0 aliphatic heterocycles. The number of H-pyrrole nitrogens is 1. The predicted octanol–water partition coefficient (Wildman–Crippen LogP) is 2.28. The highest BCUT2D eigenvalue weighted by molar-refractivity contribution is 5.90. The fourth-order valence-corrected chi connectivity index (χ4v) is 1.63. The third kappa shape index (κ3) is 2.47.